The monoisotopic (exact) mass is 282 g/mol. The number of pyridine rings is 1. The zero-order valence-corrected chi connectivity index (χ0v) is 9.87. The summed E-state index contributed by atoms with van der Waals surface area (Å²) < 4.78 is 36.8. The van der Waals surface area contributed by atoms with Gasteiger partial charge in [0.2, 0.25) is 0 Å². The van der Waals surface area contributed by atoms with Crippen LogP contribution in [0.2, 0.25) is 5.15 Å². The summed E-state index contributed by atoms with van der Waals surface area (Å²) in [7, 11) is 0. The van der Waals surface area contributed by atoms with Gasteiger partial charge in [0.25, 0.3) is 5.91 Å². The van der Waals surface area contributed by atoms with Crippen molar-refractivity contribution >= 4 is 17.5 Å². The number of rotatable bonds is 4. The van der Waals surface area contributed by atoms with E-state index in [1.54, 1.807) is 0 Å². The van der Waals surface area contributed by atoms with Crippen LogP contribution in [-0.2, 0) is 0 Å². The Labute approximate surface area is 106 Å². The highest BCUT2D eigenvalue weighted by atomic mass is 35.5. The second-order valence-corrected chi connectivity index (χ2v) is 3.82. The molecule has 1 amide bonds. The molecule has 1 heterocycles. The lowest BCUT2D eigenvalue weighted by Crippen LogP contribution is -2.40. The standard InChI is InChI=1S/C10H10ClF3N2O2/c11-8-2-1-7(5-15-8)9(18)16(3-4-17)6-10(12,13)14/h1-2,5,17H,3-4,6H2. The number of carbonyl (C=O) groups is 1. The average Bonchev–Trinajstić information content (AvgIpc) is 2.27. The summed E-state index contributed by atoms with van der Waals surface area (Å²) in [5.74, 6) is -0.856. The van der Waals surface area contributed by atoms with Gasteiger partial charge in [0.05, 0.1) is 12.2 Å². The van der Waals surface area contributed by atoms with E-state index in [1.165, 1.54) is 12.1 Å². The zero-order chi connectivity index (χ0) is 13.8. The quantitative estimate of drug-likeness (QED) is 0.856. The van der Waals surface area contributed by atoms with Gasteiger partial charge in [0.1, 0.15) is 11.7 Å². The van der Waals surface area contributed by atoms with Gasteiger partial charge in [-0.1, -0.05) is 11.6 Å². The third-order valence-electron chi connectivity index (χ3n) is 2.00. The SMILES string of the molecule is O=C(c1ccc(Cl)nc1)N(CCO)CC(F)(F)F. The molecular formula is C10H10ClF3N2O2. The minimum absolute atomic E-state index is 0.0166. The van der Waals surface area contributed by atoms with E-state index in [9.17, 15) is 18.0 Å². The molecule has 1 aromatic heterocycles. The number of aliphatic hydroxyl groups is 1. The minimum atomic E-state index is -4.52. The summed E-state index contributed by atoms with van der Waals surface area (Å²) in [6.07, 6.45) is -3.43. The van der Waals surface area contributed by atoms with Crippen LogP contribution in [0.5, 0.6) is 0 Å². The van der Waals surface area contributed by atoms with E-state index in [-0.39, 0.29) is 10.7 Å². The van der Waals surface area contributed by atoms with Crippen LogP contribution in [0.15, 0.2) is 18.3 Å². The lowest BCUT2D eigenvalue weighted by molar-refractivity contribution is -0.141. The summed E-state index contributed by atoms with van der Waals surface area (Å²) in [6.45, 7) is -2.38. The molecular weight excluding hydrogens is 273 g/mol. The first-order valence-corrected chi connectivity index (χ1v) is 5.30. The lowest BCUT2D eigenvalue weighted by atomic mass is 10.2. The van der Waals surface area contributed by atoms with Crippen molar-refractivity contribution in [2.24, 2.45) is 0 Å². The predicted molar refractivity (Wildman–Crippen MR) is 58.3 cm³/mol. The first kappa shape index (κ1) is 14.7. The van der Waals surface area contributed by atoms with Crippen molar-refractivity contribution in [2.45, 2.75) is 6.18 Å². The predicted octanol–water partition coefficient (Wildman–Crippen LogP) is 1.73. The van der Waals surface area contributed by atoms with Gasteiger partial charge in [-0.2, -0.15) is 13.2 Å². The van der Waals surface area contributed by atoms with E-state index < -0.39 is 31.8 Å². The zero-order valence-electron chi connectivity index (χ0n) is 9.12. The molecule has 1 aromatic rings. The molecule has 0 fully saturated rings. The largest absolute Gasteiger partial charge is 0.406 e. The van der Waals surface area contributed by atoms with Crippen molar-refractivity contribution in [2.75, 3.05) is 19.7 Å². The van der Waals surface area contributed by atoms with Gasteiger partial charge < -0.3 is 10.0 Å². The van der Waals surface area contributed by atoms with Gasteiger partial charge in [-0.3, -0.25) is 4.79 Å². The maximum atomic E-state index is 12.3. The van der Waals surface area contributed by atoms with Gasteiger partial charge in [0, 0.05) is 12.7 Å². The van der Waals surface area contributed by atoms with E-state index in [2.05, 4.69) is 4.98 Å². The van der Waals surface area contributed by atoms with Crippen LogP contribution >= 0.6 is 11.6 Å². The number of halogens is 4. The van der Waals surface area contributed by atoms with Crippen LogP contribution in [0.1, 0.15) is 10.4 Å². The summed E-state index contributed by atoms with van der Waals surface area (Å²) in [4.78, 5) is 15.9. The first-order chi connectivity index (χ1) is 8.33. The second-order valence-electron chi connectivity index (χ2n) is 3.44. The van der Waals surface area contributed by atoms with Crippen LogP contribution in [0.4, 0.5) is 13.2 Å². The Morgan fingerprint density at radius 2 is 2.11 bits per heavy atom. The molecule has 0 bridgehead atoms. The molecule has 0 saturated heterocycles. The van der Waals surface area contributed by atoms with Crippen molar-refractivity contribution in [3.63, 3.8) is 0 Å². The molecule has 0 unspecified atom stereocenters. The normalized spacial score (nSPS) is 11.4. The van der Waals surface area contributed by atoms with E-state index in [0.29, 0.717) is 4.90 Å². The molecule has 4 nitrogen and oxygen atoms in total. The van der Waals surface area contributed by atoms with Crippen molar-refractivity contribution in [3.05, 3.63) is 29.0 Å². The van der Waals surface area contributed by atoms with Crippen LogP contribution in [0, 0.1) is 0 Å². The average molecular weight is 283 g/mol. The first-order valence-electron chi connectivity index (χ1n) is 4.92. The summed E-state index contributed by atoms with van der Waals surface area (Å²) in [5, 5.41) is 8.81. The maximum absolute atomic E-state index is 12.3. The summed E-state index contributed by atoms with van der Waals surface area (Å²) in [6, 6.07) is 2.58. The second kappa shape index (κ2) is 6.01. The molecule has 8 heteroatoms. The molecule has 0 aromatic carbocycles. The molecule has 0 aliphatic carbocycles. The number of nitrogens with zero attached hydrogens (tertiary/aromatic N) is 2. The van der Waals surface area contributed by atoms with Gasteiger partial charge in [-0.25, -0.2) is 4.98 Å². The minimum Gasteiger partial charge on any atom is -0.395 e. The molecule has 0 spiro atoms. The molecule has 0 aliphatic rings. The van der Waals surface area contributed by atoms with E-state index >= 15 is 0 Å². The third-order valence-corrected chi connectivity index (χ3v) is 2.23. The highest BCUT2D eigenvalue weighted by Gasteiger charge is 2.33. The highest BCUT2D eigenvalue weighted by molar-refractivity contribution is 6.29. The summed E-state index contributed by atoms with van der Waals surface area (Å²) in [5.41, 5.74) is -0.0166. The number of aromatic nitrogens is 1. The van der Waals surface area contributed by atoms with Crippen LogP contribution in [-0.4, -0.2) is 46.8 Å². The van der Waals surface area contributed by atoms with Gasteiger partial charge in [-0.15, -0.1) is 0 Å². The van der Waals surface area contributed by atoms with Crippen molar-refractivity contribution in [1.82, 2.24) is 9.88 Å². The van der Waals surface area contributed by atoms with Gasteiger partial charge in [-0.05, 0) is 12.1 Å². The number of aliphatic hydroxyl groups excluding tert-OH is 1. The molecule has 0 atom stereocenters. The Bertz CT molecular complexity index is 409. The van der Waals surface area contributed by atoms with Crippen molar-refractivity contribution in [1.29, 1.82) is 0 Å². The molecule has 1 N–H and O–H groups in total. The van der Waals surface area contributed by atoms with Crippen LogP contribution in [0.3, 0.4) is 0 Å². The van der Waals surface area contributed by atoms with E-state index in [0.717, 1.165) is 6.20 Å². The topological polar surface area (TPSA) is 53.4 Å². The fourth-order valence-electron chi connectivity index (χ4n) is 1.27. The fourth-order valence-corrected chi connectivity index (χ4v) is 1.39. The number of amides is 1. The number of hydrogen-bond donors (Lipinski definition) is 1. The van der Waals surface area contributed by atoms with Gasteiger partial charge >= 0.3 is 6.18 Å². The molecule has 0 radical (unpaired) electrons. The number of alkyl halides is 3. The Hall–Kier alpha value is -1.34. The van der Waals surface area contributed by atoms with Crippen molar-refractivity contribution in [3.8, 4) is 0 Å². The Kier molecular flexibility index (Phi) is 4.92. The number of hydrogen-bond acceptors (Lipinski definition) is 3. The molecule has 18 heavy (non-hydrogen) atoms. The molecule has 0 saturated carbocycles. The lowest BCUT2D eigenvalue weighted by Gasteiger charge is -2.22. The van der Waals surface area contributed by atoms with E-state index in [4.69, 9.17) is 16.7 Å². The third kappa shape index (κ3) is 4.50. The Morgan fingerprint density at radius 1 is 1.44 bits per heavy atom. The Balaban J connectivity index is 2.85. The van der Waals surface area contributed by atoms with Crippen LogP contribution in [0.25, 0.3) is 0 Å². The molecule has 0 aliphatic heterocycles. The molecule has 100 valence electrons. The summed E-state index contributed by atoms with van der Waals surface area (Å²) >= 11 is 5.51. The number of carbonyl (C=O) groups excluding carboxylic acids is 1. The fraction of sp³-hybridized carbons (Fsp3) is 0.400. The smallest absolute Gasteiger partial charge is 0.395 e. The van der Waals surface area contributed by atoms with E-state index in [1.807, 2.05) is 0 Å². The van der Waals surface area contributed by atoms with Crippen molar-refractivity contribution < 1.29 is 23.1 Å². The van der Waals surface area contributed by atoms with Crippen LogP contribution < -0.4 is 0 Å². The maximum Gasteiger partial charge on any atom is 0.406 e. The van der Waals surface area contributed by atoms with Gasteiger partial charge in [0.15, 0.2) is 0 Å². The highest BCUT2D eigenvalue weighted by Crippen LogP contribution is 2.18. The Morgan fingerprint density at radius 3 is 2.56 bits per heavy atom. The molecule has 1 rings (SSSR count).